The summed E-state index contributed by atoms with van der Waals surface area (Å²) < 4.78 is 38.4. The lowest BCUT2D eigenvalue weighted by Gasteiger charge is -2.25. The van der Waals surface area contributed by atoms with Gasteiger partial charge in [0.25, 0.3) is 0 Å². The summed E-state index contributed by atoms with van der Waals surface area (Å²) in [6, 6.07) is 15.8. The minimum absolute atomic E-state index is 0.0277. The monoisotopic (exact) mass is 349 g/mol. The largest absolute Gasteiger partial charge is 0.416 e. The molecule has 0 saturated heterocycles. The van der Waals surface area contributed by atoms with Gasteiger partial charge in [-0.1, -0.05) is 56.3 Å². The maximum absolute atomic E-state index is 12.8. The molecule has 2 atom stereocenters. The Bertz CT molecular complexity index is 632. The number of hydrogen-bond donors (Lipinski definition) is 1. The number of rotatable bonds is 7. The summed E-state index contributed by atoms with van der Waals surface area (Å²) >= 11 is 0. The van der Waals surface area contributed by atoms with E-state index in [1.165, 1.54) is 17.7 Å². The van der Waals surface area contributed by atoms with E-state index in [9.17, 15) is 13.2 Å². The summed E-state index contributed by atoms with van der Waals surface area (Å²) in [6.45, 7) is 6.40. The zero-order valence-electron chi connectivity index (χ0n) is 15.0. The van der Waals surface area contributed by atoms with Gasteiger partial charge in [0.1, 0.15) is 0 Å². The highest BCUT2D eigenvalue weighted by atomic mass is 19.4. The van der Waals surface area contributed by atoms with Gasteiger partial charge in [-0.2, -0.15) is 13.2 Å². The molecule has 0 spiro atoms. The van der Waals surface area contributed by atoms with Crippen LogP contribution in [0.5, 0.6) is 0 Å². The maximum atomic E-state index is 12.8. The Balaban J connectivity index is 2.17. The van der Waals surface area contributed by atoms with Crippen molar-refractivity contribution in [1.29, 1.82) is 0 Å². The van der Waals surface area contributed by atoms with Crippen LogP contribution in [-0.2, 0) is 6.18 Å². The lowest BCUT2D eigenvalue weighted by molar-refractivity contribution is -0.137. The van der Waals surface area contributed by atoms with Gasteiger partial charge in [-0.25, -0.2) is 0 Å². The molecule has 0 aliphatic rings. The first-order chi connectivity index (χ1) is 11.8. The zero-order valence-corrected chi connectivity index (χ0v) is 15.0. The van der Waals surface area contributed by atoms with Crippen LogP contribution < -0.4 is 5.32 Å². The third-order valence-corrected chi connectivity index (χ3v) is 4.42. The van der Waals surface area contributed by atoms with E-state index in [4.69, 9.17) is 0 Å². The summed E-state index contributed by atoms with van der Waals surface area (Å²) in [4.78, 5) is 0. The molecule has 2 aromatic carbocycles. The first kappa shape index (κ1) is 19.5. The Morgan fingerprint density at radius 1 is 0.800 bits per heavy atom. The van der Waals surface area contributed by atoms with Crippen LogP contribution in [0.1, 0.15) is 62.4 Å². The molecule has 0 aliphatic carbocycles. The van der Waals surface area contributed by atoms with Crippen molar-refractivity contribution in [2.24, 2.45) is 5.92 Å². The van der Waals surface area contributed by atoms with E-state index in [2.05, 4.69) is 38.2 Å². The average Bonchev–Trinajstić information content (AvgIpc) is 2.58. The zero-order chi connectivity index (χ0) is 18.4. The second-order valence-electron chi connectivity index (χ2n) is 6.94. The SMILES string of the molecule is CC(C)CC[C@@H](N[C@@H](C)c1ccccc1)c1ccc(C(F)(F)F)cc1. The van der Waals surface area contributed by atoms with Crippen molar-refractivity contribution in [2.75, 3.05) is 0 Å². The van der Waals surface area contributed by atoms with Gasteiger partial charge < -0.3 is 5.32 Å². The fraction of sp³-hybridized carbons (Fsp3) is 0.429. The van der Waals surface area contributed by atoms with Crippen LogP contribution in [0.2, 0.25) is 0 Å². The summed E-state index contributed by atoms with van der Waals surface area (Å²) in [5.41, 5.74) is 1.47. The van der Waals surface area contributed by atoms with Gasteiger partial charge in [-0.3, -0.25) is 0 Å². The normalized spacial score (nSPS) is 14.5. The third kappa shape index (κ3) is 5.89. The third-order valence-electron chi connectivity index (χ3n) is 4.42. The van der Waals surface area contributed by atoms with Crippen molar-refractivity contribution in [3.05, 3.63) is 71.3 Å². The van der Waals surface area contributed by atoms with Crippen LogP contribution in [0.4, 0.5) is 13.2 Å². The molecule has 0 saturated carbocycles. The molecule has 2 rings (SSSR count). The molecule has 4 heteroatoms. The molecule has 0 amide bonds. The summed E-state index contributed by atoms with van der Waals surface area (Å²) in [6.07, 6.45) is -2.39. The van der Waals surface area contributed by atoms with Crippen LogP contribution in [0.3, 0.4) is 0 Å². The minimum Gasteiger partial charge on any atom is -0.303 e. The molecule has 1 nitrogen and oxygen atoms in total. The second kappa shape index (κ2) is 8.52. The van der Waals surface area contributed by atoms with Crippen LogP contribution in [-0.4, -0.2) is 0 Å². The fourth-order valence-electron chi connectivity index (χ4n) is 2.89. The molecule has 0 heterocycles. The molecular formula is C21H26F3N. The van der Waals surface area contributed by atoms with E-state index in [1.807, 2.05) is 18.2 Å². The molecule has 0 aliphatic heterocycles. The maximum Gasteiger partial charge on any atom is 0.416 e. The van der Waals surface area contributed by atoms with Gasteiger partial charge in [0.2, 0.25) is 0 Å². The van der Waals surface area contributed by atoms with Crippen molar-refractivity contribution >= 4 is 0 Å². The molecule has 0 fully saturated rings. The van der Waals surface area contributed by atoms with E-state index in [-0.39, 0.29) is 12.1 Å². The average molecular weight is 349 g/mol. The van der Waals surface area contributed by atoms with Crippen LogP contribution in [0, 0.1) is 5.92 Å². The predicted octanol–water partition coefficient (Wildman–Crippen LogP) is 6.53. The lowest BCUT2D eigenvalue weighted by atomic mass is 9.95. The molecule has 0 aromatic heterocycles. The fourth-order valence-corrected chi connectivity index (χ4v) is 2.89. The number of nitrogens with one attached hydrogen (secondary N) is 1. The summed E-state index contributed by atoms with van der Waals surface area (Å²) in [5, 5.41) is 3.58. The quantitative estimate of drug-likeness (QED) is 0.599. The summed E-state index contributed by atoms with van der Waals surface area (Å²) in [5.74, 6) is 0.547. The predicted molar refractivity (Wildman–Crippen MR) is 96.2 cm³/mol. The van der Waals surface area contributed by atoms with Crippen molar-refractivity contribution in [2.45, 2.75) is 51.9 Å². The van der Waals surface area contributed by atoms with E-state index in [1.54, 1.807) is 12.1 Å². The molecule has 25 heavy (non-hydrogen) atoms. The summed E-state index contributed by atoms with van der Waals surface area (Å²) in [7, 11) is 0. The van der Waals surface area contributed by atoms with Crippen molar-refractivity contribution in [3.8, 4) is 0 Å². The van der Waals surface area contributed by atoms with E-state index in [0.717, 1.165) is 18.4 Å². The Labute approximate surface area is 148 Å². The topological polar surface area (TPSA) is 12.0 Å². The highest BCUT2D eigenvalue weighted by Gasteiger charge is 2.30. The molecular weight excluding hydrogens is 323 g/mol. The van der Waals surface area contributed by atoms with Gasteiger partial charge in [0.15, 0.2) is 0 Å². The smallest absolute Gasteiger partial charge is 0.303 e. The molecule has 1 N–H and O–H groups in total. The van der Waals surface area contributed by atoms with Crippen LogP contribution in [0.25, 0.3) is 0 Å². The van der Waals surface area contributed by atoms with Gasteiger partial charge in [-0.05, 0) is 48.9 Å². The Morgan fingerprint density at radius 3 is 1.92 bits per heavy atom. The highest BCUT2D eigenvalue weighted by Crippen LogP contribution is 2.31. The molecule has 0 bridgehead atoms. The standard InChI is InChI=1S/C21H26F3N/c1-15(2)9-14-20(25-16(3)17-7-5-4-6-8-17)18-10-12-19(13-11-18)21(22,23)24/h4-8,10-13,15-16,20,25H,9,14H2,1-3H3/t16-,20+/m0/s1. The Hall–Kier alpha value is -1.81. The van der Waals surface area contributed by atoms with Gasteiger partial charge in [0.05, 0.1) is 5.56 Å². The van der Waals surface area contributed by atoms with E-state index in [0.29, 0.717) is 5.92 Å². The molecule has 136 valence electrons. The lowest BCUT2D eigenvalue weighted by Crippen LogP contribution is -2.25. The minimum atomic E-state index is -4.29. The van der Waals surface area contributed by atoms with Gasteiger partial charge in [-0.15, -0.1) is 0 Å². The molecule has 0 radical (unpaired) electrons. The van der Waals surface area contributed by atoms with Crippen LogP contribution in [0.15, 0.2) is 54.6 Å². The van der Waals surface area contributed by atoms with Gasteiger partial charge >= 0.3 is 6.18 Å². The van der Waals surface area contributed by atoms with Crippen LogP contribution >= 0.6 is 0 Å². The van der Waals surface area contributed by atoms with E-state index >= 15 is 0 Å². The van der Waals surface area contributed by atoms with Crippen molar-refractivity contribution in [1.82, 2.24) is 5.32 Å². The number of alkyl halides is 3. The Kier molecular flexibility index (Phi) is 6.65. The van der Waals surface area contributed by atoms with Crippen molar-refractivity contribution < 1.29 is 13.2 Å². The molecule has 0 unspecified atom stereocenters. The first-order valence-electron chi connectivity index (χ1n) is 8.75. The number of benzene rings is 2. The van der Waals surface area contributed by atoms with Crippen molar-refractivity contribution in [3.63, 3.8) is 0 Å². The number of hydrogen-bond acceptors (Lipinski definition) is 1. The van der Waals surface area contributed by atoms with Gasteiger partial charge in [0, 0.05) is 12.1 Å². The number of halogens is 3. The highest BCUT2D eigenvalue weighted by molar-refractivity contribution is 5.27. The second-order valence-corrected chi connectivity index (χ2v) is 6.94. The Morgan fingerprint density at radius 2 is 1.40 bits per heavy atom. The first-order valence-corrected chi connectivity index (χ1v) is 8.75. The van der Waals surface area contributed by atoms with E-state index < -0.39 is 11.7 Å². The molecule has 2 aromatic rings.